The van der Waals surface area contributed by atoms with Crippen LogP contribution in [0.15, 0.2) is 48.7 Å². The molecule has 74 valence electrons. The Kier molecular flexibility index (Phi) is 2.54. The van der Waals surface area contributed by atoms with Crippen LogP contribution in [0.1, 0.15) is 15.9 Å². The fourth-order valence-electron chi connectivity index (χ4n) is 1.30. The molecule has 1 heterocycles. The van der Waals surface area contributed by atoms with Crippen LogP contribution in [0.2, 0.25) is 0 Å². The lowest BCUT2D eigenvalue weighted by Gasteiger charge is -1.99. The standard InChI is InChI=1S/C12H8FNO/c13-11-8-10(6-7-14-11)12(15)9-4-2-1-3-5-9/h1-8H. The van der Waals surface area contributed by atoms with Crippen LogP contribution in [0, 0.1) is 5.95 Å². The Balaban J connectivity index is 2.37. The third-order valence-corrected chi connectivity index (χ3v) is 2.02. The summed E-state index contributed by atoms with van der Waals surface area (Å²) in [6, 6.07) is 11.4. The van der Waals surface area contributed by atoms with E-state index in [2.05, 4.69) is 4.98 Å². The molecule has 15 heavy (non-hydrogen) atoms. The van der Waals surface area contributed by atoms with Gasteiger partial charge < -0.3 is 0 Å². The SMILES string of the molecule is O=C(c1ccccc1)c1ccnc(F)c1. The third kappa shape index (κ3) is 2.07. The number of carbonyl (C=O) groups excluding carboxylic acids is 1. The molecule has 0 N–H and O–H groups in total. The fraction of sp³-hybridized carbons (Fsp3) is 0. The summed E-state index contributed by atoms with van der Waals surface area (Å²) >= 11 is 0. The maximum Gasteiger partial charge on any atom is 0.213 e. The van der Waals surface area contributed by atoms with Crippen LogP contribution in [0.25, 0.3) is 0 Å². The number of pyridine rings is 1. The van der Waals surface area contributed by atoms with Crippen molar-refractivity contribution in [1.82, 2.24) is 4.98 Å². The predicted octanol–water partition coefficient (Wildman–Crippen LogP) is 2.45. The molecule has 0 spiro atoms. The smallest absolute Gasteiger partial charge is 0.213 e. The number of hydrogen-bond acceptors (Lipinski definition) is 2. The number of carbonyl (C=O) groups is 1. The van der Waals surface area contributed by atoms with Crippen LogP contribution < -0.4 is 0 Å². The molecule has 0 atom stereocenters. The second kappa shape index (κ2) is 4.00. The fourth-order valence-corrected chi connectivity index (χ4v) is 1.30. The van der Waals surface area contributed by atoms with E-state index in [-0.39, 0.29) is 5.78 Å². The lowest BCUT2D eigenvalue weighted by atomic mass is 10.1. The molecule has 2 rings (SSSR count). The van der Waals surface area contributed by atoms with Gasteiger partial charge in [-0.05, 0) is 6.07 Å². The summed E-state index contributed by atoms with van der Waals surface area (Å²) in [5.41, 5.74) is 0.858. The molecule has 0 aliphatic heterocycles. The molecule has 2 nitrogen and oxygen atoms in total. The maximum atomic E-state index is 12.8. The summed E-state index contributed by atoms with van der Waals surface area (Å²) in [6.07, 6.45) is 1.28. The number of hydrogen-bond donors (Lipinski definition) is 0. The highest BCUT2D eigenvalue weighted by Crippen LogP contribution is 2.09. The van der Waals surface area contributed by atoms with E-state index in [1.165, 1.54) is 12.3 Å². The van der Waals surface area contributed by atoms with Crippen molar-refractivity contribution in [3.63, 3.8) is 0 Å². The van der Waals surface area contributed by atoms with Gasteiger partial charge in [0.1, 0.15) is 0 Å². The molecule has 0 saturated heterocycles. The Bertz CT molecular complexity index is 482. The van der Waals surface area contributed by atoms with E-state index < -0.39 is 5.95 Å². The summed E-state index contributed by atoms with van der Waals surface area (Å²) in [5, 5.41) is 0. The quantitative estimate of drug-likeness (QED) is 0.551. The molecular formula is C12H8FNO. The number of rotatable bonds is 2. The zero-order chi connectivity index (χ0) is 10.7. The van der Waals surface area contributed by atoms with E-state index in [0.29, 0.717) is 11.1 Å². The number of aromatic nitrogens is 1. The minimum atomic E-state index is -0.642. The first kappa shape index (κ1) is 9.52. The van der Waals surface area contributed by atoms with Crippen molar-refractivity contribution in [2.24, 2.45) is 0 Å². The summed E-state index contributed by atoms with van der Waals surface area (Å²) in [7, 11) is 0. The highest BCUT2D eigenvalue weighted by atomic mass is 19.1. The molecular weight excluding hydrogens is 193 g/mol. The number of nitrogens with zero attached hydrogens (tertiary/aromatic N) is 1. The van der Waals surface area contributed by atoms with Crippen LogP contribution in [-0.4, -0.2) is 10.8 Å². The van der Waals surface area contributed by atoms with E-state index in [0.717, 1.165) is 6.07 Å². The number of ketones is 1. The molecule has 0 bridgehead atoms. The van der Waals surface area contributed by atoms with E-state index in [1.807, 2.05) is 6.07 Å². The molecule has 0 aliphatic carbocycles. The Labute approximate surface area is 86.4 Å². The second-order valence-corrected chi connectivity index (χ2v) is 3.06. The Morgan fingerprint density at radius 3 is 2.47 bits per heavy atom. The van der Waals surface area contributed by atoms with Gasteiger partial charge in [0.2, 0.25) is 5.95 Å². The van der Waals surface area contributed by atoms with Crippen molar-refractivity contribution < 1.29 is 9.18 Å². The van der Waals surface area contributed by atoms with E-state index in [9.17, 15) is 9.18 Å². The van der Waals surface area contributed by atoms with Crippen LogP contribution in [-0.2, 0) is 0 Å². The molecule has 0 unspecified atom stereocenters. The molecule has 0 fully saturated rings. The second-order valence-electron chi connectivity index (χ2n) is 3.06. The van der Waals surface area contributed by atoms with Gasteiger partial charge in [-0.3, -0.25) is 4.79 Å². The van der Waals surface area contributed by atoms with Gasteiger partial charge >= 0.3 is 0 Å². The lowest BCUT2D eigenvalue weighted by Crippen LogP contribution is -2.01. The molecule has 3 heteroatoms. The van der Waals surface area contributed by atoms with Crippen molar-refractivity contribution >= 4 is 5.78 Å². The van der Waals surface area contributed by atoms with Crippen molar-refractivity contribution in [2.45, 2.75) is 0 Å². The highest BCUT2D eigenvalue weighted by Gasteiger charge is 2.08. The van der Waals surface area contributed by atoms with Gasteiger partial charge in [-0.25, -0.2) is 4.98 Å². The van der Waals surface area contributed by atoms with Crippen LogP contribution in [0.4, 0.5) is 4.39 Å². The average Bonchev–Trinajstić information content (AvgIpc) is 2.29. The van der Waals surface area contributed by atoms with Gasteiger partial charge in [-0.15, -0.1) is 0 Å². The molecule has 0 radical (unpaired) electrons. The summed E-state index contributed by atoms with van der Waals surface area (Å²) < 4.78 is 12.8. The van der Waals surface area contributed by atoms with Gasteiger partial charge in [0.15, 0.2) is 5.78 Å². The van der Waals surface area contributed by atoms with E-state index in [4.69, 9.17) is 0 Å². The van der Waals surface area contributed by atoms with Gasteiger partial charge in [0.25, 0.3) is 0 Å². The topological polar surface area (TPSA) is 30.0 Å². The molecule has 1 aromatic carbocycles. The highest BCUT2D eigenvalue weighted by molar-refractivity contribution is 6.08. The molecule has 2 aromatic rings. The number of benzene rings is 1. The van der Waals surface area contributed by atoms with Crippen molar-refractivity contribution in [1.29, 1.82) is 0 Å². The van der Waals surface area contributed by atoms with Crippen molar-refractivity contribution in [3.05, 3.63) is 65.7 Å². The van der Waals surface area contributed by atoms with Crippen LogP contribution in [0.5, 0.6) is 0 Å². The first-order chi connectivity index (χ1) is 7.27. The normalized spacial score (nSPS) is 9.93. The Morgan fingerprint density at radius 2 is 1.80 bits per heavy atom. The van der Waals surface area contributed by atoms with Gasteiger partial charge in [-0.1, -0.05) is 30.3 Å². The van der Waals surface area contributed by atoms with Gasteiger partial charge in [0, 0.05) is 23.4 Å². The van der Waals surface area contributed by atoms with Crippen LogP contribution >= 0.6 is 0 Å². The molecule has 0 amide bonds. The minimum Gasteiger partial charge on any atom is -0.289 e. The van der Waals surface area contributed by atoms with E-state index >= 15 is 0 Å². The largest absolute Gasteiger partial charge is 0.289 e. The van der Waals surface area contributed by atoms with Crippen molar-refractivity contribution in [2.75, 3.05) is 0 Å². The first-order valence-electron chi connectivity index (χ1n) is 4.48. The monoisotopic (exact) mass is 201 g/mol. The Morgan fingerprint density at radius 1 is 1.07 bits per heavy atom. The zero-order valence-electron chi connectivity index (χ0n) is 7.85. The molecule has 0 aliphatic rings. The van der Waals surface area contributed by atoms with Gasteiger partial charge in [-0.2, -0.15) is 4.39 Å². The van der Waals surface area contributed by atoms with Crippen molar-refractivity contribution in [3.8, 4) is 0 Å². The van der Waals surface area contributed by atoms with E-state index in [1.54, 1.807) is 24.3 Å². The molecule has 0 saturated carbocycles. The first-order valence-corrected chi connectivity index (χ1v) is 4.48. The number of halogens is 1. The Hall–Kier alpha value is -2.03. The van der Waals surface area contributed by atoms with Crippen LogP contribution in [0.3, 0.4) is 0 Å². The minimum absolute atomic E-state index is 0.197. The maximum absolute atomic E-state index is 12.8. The lowest BCUT2D eigenvalue weighted by molar-refractivity contribution is 0.103. The summed E-state index contributed by atoms with van der Waals surface area (Å²) in [4.78, 5) is 15.2. The summed E-state index contributed by atoms with van der Waals surface area (Å²) in [5.74, 6) is -0.839. The molecule has 1 aromatic heterocycles. The summed E-state index contributed by atoms with van der Waals surface area (Å²) in [6.45, 7) is 0. The third-order valence-electron chi connectivity index (χ3n) is 2.02. The average molecular weight is 201 g/mol. The predicted molar refractivity (Wildman–Crippen MR) is 54.1 cm³/mol. The zero-order valence-corrected chi connectivity index (χ0v) is 7.85. The van der Waals surface area contributed by atoms with Gasteiger partial charge in [0.05, 0.1) is 0 Å².